The second-order valence-electron chi connectivity index (χ2n) is 7.83. The Morgan fingerprint density at radius 1 is 1.13 bits per heavy atom. The third-order valence-electron chi connectivity index (χ3n) is 5.92. The summed E-state index contributed by atoms with van der Waals surface area (Å²) in [5.41, 5.74) is 4.75. The second-order valence-corrected chi connectivity index (χ2v) is 7.83. The van der Waals surface area contributed by atoms with E-state index in [-0.39, 0.29) is 23.8 Å². The molecule has 152 valence electrons. The fourth-order valence-corrected chi connectivity index (χ4v) is 4.34. The Hall–Kier alpha value is -3.32. The van der Waals surface area contributed by atoms with Crippen LogP contribution < -0.4 is 10.6 Å². The molecule has 30 heavy (non-hydrogen) atoms. The molecular formula is C23H22N4O3. The van der Waals surface area contributed by atoms with E-state index < -0.39 is 0 Å². The summed E-state index contributed by atoms with van der Waals surface area (Å²) in [5.74, 6) is 0.717. The van der Waals surface area contributed by atoms with E-state index >= 15 is 0 Å². The van der Waals surface area contributed by atoms with Crippen LogP contribution in [0.1, 0.15) is 40.6 Å². The molecule has 3 heterocycles. The lowest BCUT2D eigenvalue weighted by molar-refractivity contribution is 0.0913. The van der Waals surface area contributed by atoms with Crippen molar-refractivity contribution in [3.63, 3.8) is 0 Å². The topological polar surface area (TPSA) is 96.6 Å². The second kappa shape index (κ2) is 7.84. The Kier molecular flexibility index (Phi) is 4.88. The molecule has 1 aromatic carbocycles. The summed E-state index contributed by atoms with van der Waals surface area (Å²) in [7, 11) is 0. The molecule has 1 fully saturated rings. The molecular weight excluding hydrogens is 380 g/mol. The maximum Gasteiger partial charge on any atom is 0.287 e. The van der Waals surface area contributed by atoms with Gasteiger partial charge in [0.1, 0.15) is 11.8 Å². The van der Waals surface area contributed by atoms with Crippen LogP contribution in [-0.4, -0.2) is 30.0 Å². The third kappa shape index (κ3) is 3.41. The Morgan fingerprint density at radius 2 is 2.00 bits per heavy atom. The molecule has 0 saturated carbocycles. The number of benzene rings is 1. The minimum atomic E-state index is -0.272. The van der Waals surface area contributed by atoms with Crippen LogP contribution in [0, 0.1) is 4.91 Å². The highest BCUT2D eigenvalue weighted by molar-refractivity contribution is 5.95. The van der Waals surface area contributed by atoms with Gasteiger partial charge in [-0.3, -0.25) is 9.78 Å². The zero-order chi connectivity index (χ0) is 20.5. The zero-order valence-corrected chi connectivity index (χ0v) is 16.4. The molecule has 1 saturated heterocycles. The normalized spacial score (nSPS) is 20.1. The molecule has 0 spiro atoms. The van der Waals surface area contributed by atoms with E-state index in [4.69, 9.17) is 4.42 Å². The standard InChI is InChI=1S/C23H22N4O3/c28-23(26-17-7-10-25-13-17)21-12-19(14-5-8-24-9-6-14)22(30-21)16-1-3-18-15(11-16)2-4-20(18)27-29/h1,3,5-6,8-9,11-12,17,20,25H,2,4,7,10,13H2,(H,26,28). The average Bonchev–Trinajstić information content (AvgIpc) is 3.53. The fraction of sp³-hybridized carbons (Fsp3) is 0.304. The quantitative estimate of drug-likeness (QED) is 0.632. The van der Waals surface area contributed by atoms with E-state index in [1.165, 1.54) is 0 Å². The van der Waals surface area contributed by atoms with Gasteiger partial charge in [-0.15, -0.1) is 0 Å². The molecule has 0 bridgehead atoms. The number of furan rings is 1. The summed E-state index contributed by atoms with van der Waals surface area (Å²) in [6.45, 7) is 1.68. The smallest absolute Gasteiger partial charge is 0.287 e. The molecule has 2 unspecified atom stereocenters. The van der Waals surface area contributed by atoms with Crippen LogP contribution in [0.3, 0.4) is 0 Å². The minimum Gasteiger partial charge on any atom is -0.450 e. The fourth-order valence-electron chi connectivity index (χ4n) is 4.34. The first-order chi connectivity index (χ1) is 14.7. The van der Waals surface area contributed by atoms with Crippen LogP contribution in [-0.2, 0) is 6.42 Å². The van der Waals surface area contributed by atoms with Gasteiger partial charge in [0, 0.05) is 36.1 Å². The molecule has 1 aliphatic carbocycles. The number of fused-ring (bicyclic) bond motifs is 1. The lowest BCUT2D eigenvalue weighted by Gasteiger charge is -2.09. The van der Waals surface area contributed by atoms with E-state index in [2.05, 4.69) is 20.8 Å². The predicted octanol–water partition coefficient (Wildman–Crippen LogP) is 3.85. The van der Waals surface area contributed by atoms with Gasteiger partial charge in [0.2, 0.25) is 0 Å². The maximum absolute atomic E-state index is 12.8. The number of nitroso groups, excluding NO2 is 1. The molecule has 2 aliphatic rings. The number of nitrogens with zero attached hydrogens (tertiary/aromatic N) is 2. The number of aromatic nitrogens is 1. The van der Waals surface area contributed by atoms with Crippen molar-refractivity contribution in [1.82, 2.24) is 15.6 Å². The number of carbonyl (C=O) groups is 1. The Bertz CT molecular complexity index is 1090. The average molecular weight is 402 g/mol. The largest absolute Gasteiger partial charge is 0.450 e. The summed E-state index contributed by atoms with van der Waals surface area (Å²) in [4.78, 5) is 28.0. The number of aryl methyl sites for hydroxylation is 1. The summed E-state index contributed by atoms with van der Waals surface area (Å²) in [5, 5.41) is 9.52. The number of carbonyl (C=O) groups excluding carboxylic acids is 1. The van der Waals surface area contributed by atoms with Gasteiger partial charge in [-0.05, 0) is 66.8 Å². The number of hydrogen-bond acceptors (Lipinski definition) is 6. The summed E-state index contributed by atoms with van der Waals surface area (Å²) in [6, 6.07) is 11.4. The van der Waals surface area contributed by atoms with Crippen molar-refractivity contribution >= 4 is 5.91 Å². The van der Waals surface area contributed by atoms with Crippen LogP contribution >= 0.6 is 0 Å². The summed E-state index contributed by atoms with van der Waals surface area (Å²) in [6.07, 6.45) is 5.90. The van der Waals surface area contributed by atoms with Crippen LogP contribution in [0.25, 0.3) is 22.5 Å². The molecule has 1 amide bonds. The zero-order valence-electron chi connectivity index (χ0n) is 16.4. The van der Waals surface area contributed by atoms with Gasteiger partial charge >= 0.3 is 0 Å². The lowest BCUT2D eigenvalue weighted by Crippen LogP contribution is -2.35. The van der Waals surface area contributed by atoms with Gasteiger partial charge in [-0.2, -0.15) is 4.91 Å². The van der Waals surface area contributed by atoms with E-state index in [0.717, 1.165) is 60.2 Å². The van der Waals surface area contributed by atoms with Gasteiger partial charge in [0.25, 0.3) is 5.91 Å². The van der Waals surface area contributed by atoms with Crippen molar-refractivity contribution in [2.45, 2.75) is 31.3 Å². The van der Waals surface area contributed by atoms with Crippen LogP contribution in [0.4, 0.5) is 0 Å². The number of rotatable bonds is 5. The lowest BCUT2D eigenvalue weighted by atomic mass is 9.99. The van der Waals surface area contributed by atoms with Gasteiger partial charge in [0.15, 0.2) is 5.76 Å². The molecule has 5 rings (SSSR count). The first-order valence-corrected chi connectivity index (χ1v) is 10.2. The van der Waals surface area contributed by atoms with Crippen LogP contribution in [0.15, 0.2) is 58.4 Å². The summed E-state index contributed by atoms with van der Waals surface area (Å²) >= 11 is 0. The van der Waals surface area contributed by atoms with Gasteiger partial charge in [-0.1, -0.05) is 17.3 Å². The van der Waals surface area contributed by atoms with Gasteiger partial charge < -0.3 is 15.1 Å². The van der Waals surface area contributed by atoms with Crippen LogP contribution in [0.5, 0.6) is 0 Å². The van der Waals surface area contributed by atoms with Crippen molar-refractivity contribution in [3.8, 4) is 22.5 Å². The Balaban J connectivity index is 1.54. The third-order valence-corrected chi connectivity index (χ3v) is 5.92. The first-order valence-electron chi connectivity index (χ1n) is 10.2. The number of pyridine rings is 1. The SMILES string of the molecule is O=NC1CCc2cc(-c3oc(C(=O)NC4CCNC4)cc3-c3ccncc3)ccc21. The van der Waals surface area contributed by atoms with Crippen molar-refractivity contribution in [2.24, 2.45) is 5.18 Å². The predicted molar refractivity (Wildman–Crippen MR) is 113 cm³/mol. The highest BCUT2D eigenvalue weighted by Crippen LogP contribution is 2.40. The molecule has 0 radical (unpaired) electrons. The van der Waals surface area contributed by atoms with Gasteiger partial charge in [-0.25, -0.2) is 0 Å². The minimum absolute atomic E-state index is 0.114. The van der Waals surface area contributed by atoms with Crippen molar-refractivity contribution < 1.29 is 9.21 Å². The van der Waals surface area contributed by atoms with Crippen molar-refractivity contribution in [3.05, 3.63) is 70.6 Å². The van der Waals surface area contributed by atoms with Gasteiger partial charge in [0.05, 0.1) is 0 Å². The highest BCUT2D eigenvalue weighted by Gasteiger charge is 2.26. The maximum atomic E-state index is 12.8. The van der Waals surface area contributed by atoms with E-state index in [0.29, 0.717) is 5.76 Å². The van der Waals surface area contributed by atoms with E-state index in [1.807, 2.05) is 30.3 Å². The highest BCUT2D eigenvalue weighted by atomic mass is 16.4. The number of nitrogens with one attached hydrogen (secondary N) is 2. The van der Waals surface area contributed by atoms with Crippen LogP contribution in [0.2, 0.25) is 0 Å². The molecule has 2 atom stereocenters. The number of hydrogen-bond donors (Lipinski definition) is 2. The molecule has 2 N–H and O–H groups in total. The first kappa shape index (κ1) is 18.7. The molecule has 2 aromatic heterocycles. The van der Waals surface area contributed by atoms with E-state index in [1.54, 1.807) is 18.5 Å². The molecule has 3 aromatic rings. The van der Waals surface area contributed by atoms with Crippen molar-refractivity contribution in [1.29, 1.82) is 0 Å². The van der Waals surface area contributed by atoms with E-state index in [9.17, 15) is 9.70 Å². The Labute approximate surface area is 173 Å². The summed E-state index contributed by atoms with van der Waals surface area (Å²) < 4.78 is 6.10. The monoisotopic (exact) mass is 402 g/mol. The molecule has 1 aliphatic heterocycles. The van der Waals surface area contributed by atoms with Crippen molar-refractivity contribution in [2.75, 3.05) is 13.1 Å². The molecule has 7 nitrogen and oxygen atoms in total. The number of amides is 1. The molecule has 7 heteroatoms. The Morgan fingerprint density at radius 3 is 2.77 bits per heavy atom.